The van der Waals surface area contributed by atoms with Crippen LogP contribution in [0.2, 0.25) is 10.3 Å². The number of aryl methyl sites for hydroxylation is 1. The first-order valence-electron chi connectivity index (χ1n) is 7.54. The second kappa shape index (κ2) is 8.33. The molecule has 0 unspecified atom stereocenters. The van der Waals surface area contributed by atoms with Gasteiger partial charge in [0.1, 0.15) is 5.15 Å². The van der Waals surface area contributed by atoms with Crippen LogP contribution in [0.3, 0.4) is 0 Å². The first kappa shape index (κ1) is 20.6. The van der Waals surface area contributed by atoms with Crippen molar-refractivity contribution in [3.8, 4) is 0 Å². The normalized spacial score (nSPS) is 10.8. The summed E-state index contributed by atoms with van der Waals surface area (Å²) in [5.74, 6) is -1.66. The van der Waals surface area contributed by atoms with Crippen molar-refractivity contribution in [3.05, 3.63) is 55.5 Å². The number of hydrogen-bond donors (Lipinski definition) is 2. The molecule has 0 atom stereocenters. The Kier molecular flexibility index (Phi) is 6.60. The summed E-state index contributed by atoms with van der Waals surface area (Å²) < 4.78 is 14.4. The van der Waals surface area contributed by atoms with Crippen LogP contribution in [0.1, 0.15) is 41.3 Å². The van der Waals surface area contributed by atoms with Gasteiger partial charge in [0.05, 0.1) is 5.56 Å². The van der Waals surface area contributed by atoms with Crippen molar-refractivity contribution in [1.82, 2.24) is 10.3 Å². The summed E-state index contributed by atoms with van der Waals surface area (Å²) in [4.78, 5) is 27.9. The standard InChI is InChI=1S/C17H15BrCl2FN3O2/c1-7(2)10-5-9(18)4-8(3)13(10)22-17(26)24-16(25)11-6-12(21)15(20)23-14(11)19/h4-7H,1-3H3,(H2,22,24,25,26). The lowest BCUT2D eigenvalue weighted by atomic mass is 9.98. The molecule has 0 radical (unpaired) electrons. The maximum absolute atomic E-state index is 13.5. The van der Waals surface area contributed by atoms with Gasteiger partial charge in [0.15, 0.2) is 11.0 Å². The Morgan fingerprint density at radius 1 is 1.19 bits per heavy atom. The monoisotopic (exact) mass is 461 g/mol. The van der Waals surface area contributed by atoms with Gasteiger partial charge in [0.2, 0.25) is 0 Å². The number of halogens is 4. The van der Waals surface area contributed by atoms with Crippen LogP contribution in [0.25, 0.3) is 0 Å². The molecule has 0 aliphatic carbocycles. The van der Waals surface area contributed by atoms with Crippen molar-refractivity contribution in [2.45, 2.75) is 26.7 Å². The Hall–Kier alpha value is -1.70. The molecular formula is C17H15BrCl2FN3O2. The number of benzene rings is 1. The highest BCUT2D eigenvalue weighted by Gasteiger charge is 2.19. The van der Waals surface area contributed by atoms with E-state index in [4.69, 9.17) is 23.2 Å². The van der Waals surface area contributed by atoms with E-state index in [-0.39, 0.29) is 16.6 Å². The van der Waals surface area contributed by atoms with Crippen LogP contribution in [-0.4, -0.2) is 16.9 Å². The highest BCUT2D eigenvalue weighted by Crippen LogP contribution is 2.31. The summed E-state index contributed by atoms with van der Waals surface area (Å²) in [5, 5.41) is 4.01. The smallest absolute Gasteiger partial charge is 0.307 e. The number of pyridine rings is 1. The van der Waals surface area contributed by atoms with Gasteiger partial charge < -0.3 is 5.32 Å². The molecular weight excluding hydrogens is 448 g/mol. The molecule has 2 N–H and O–H groups in total. The largest absolute Gasteiger partial charge is 0.326 e. The second-order valence-corrected chi connectivity index (χ2v) is 7.48. The topological polar surface area (TPSA) is 71.1 Å². The molecule has 0 aliphatic rings. The van der Waals surface area contributed by atoms with Gasteiger partial charge in [-0.1, -0.05) is 53.0 Å². The van der Waals surface area contributed by atoms with E-state index < -0.39 is 22.9 Å². The molecule has 1 aromatic heterocycles. The highest BCUT2D eigenvalue weighted by atomic mass is 79.9. The molecule has 0 spiro atoms. The molecule has 26 heavy (non-hydrogen) atoms. The molecule has 138 valence electrons. The summed E-state index contributed by atoms with van der Waals surface area (Å²) in [6.45, 7) is 5.80. The molecule has 2 rings (SSSR count). The van der Waals surface area contributed by atoms with E-state index in [1.807, 2.05) is 32.9 Å². The van der Waals surface area contributed by atoms with E-state index in [1.54, 1.807) is 0 Å². The Morgan fingerprint density at radius 2 is 1.85 bits per heavy atom. The summed E-state index contributed by atoms with van der Waals surface area (Å²) in [7, 11) is 0. The fourth-order valence-electron chi connectivity index (χ4n) is 2.32. The first-order valence-corrected chi connectivity index (χ1v) is 9.09. The molecule has 0 fully saturated rings. The van der Waals surface area contributed by atoms with Gasteiger partial charge in [-0.15, -0.1) is 0 Å². The third-order valence-corrected chi connectivity index (χ3v) is 4.56. The van der Waals surface area contributed by atoms with Crippen LogP contribution in [-0.2, 0) is 0 Å². The Labute approximate surface area is 168 Å². The molecule has 5 nitrogen and oxygen atoms in total. The van der Waals surface area contributed by atoms with Gasteiger partial charge in [-0.3, -0.25) is 10.1 Å². The van der Waals surface area contributed by atoms with E-state index in [2.05, 4.69) is 31.5 Å². The number of anilines is 1. The van der Waals surface area contributed by atoms with E-state index in [9.17, 15) is 14.0 Å². The molecule has 0 bridgehead atoms. The van der Waals surface area contributed by atoms with Gasteiger partial charge in [-0.05, 0) is 42.2 Å². The minimum absolute atomic E-state index is 0.140. The fourth-order valence-corrected chi connectivity index (χ4v) is 3.31. The van der Waals surface area contributed by atoms with Crippen molar-refractivity contribution < 1.29 is 14.0 Å². The van der Waals surface area contributed by atoms with E-state index >= 15 is 0 Å². The SMILES string of the molecule is Cc1cc(Br)cc(C(C)C)c1NC(=O)NC(=O)c1cc(F)c(Cl)nc1Cl. The predicted molar refractivity (Wildman–Crippen MR) is 104 cm³/mol. The number of nitrogens with one attached hydrogen (secondary N) is 2. The zero-order valence-corrected chi connectivity index (χ0v) is 17.2. The van der Waals surface area contributed by atoms with Crippen molar-refractivity contribution in [2.75, 3.05) is 5.32 Å². The minimum atomic E-state index is -0.910. The third-order valence-electron chi connectivity index (χ3n) is 3.55. The summed E-state index contributed by atoms with van der Waals surface area (Å²) in [6.07, 6.45) is 0. The average molecular weight is 463 g/mol. The molecule has 0 aliphatic heterocycles. The third kappa shape index (κ3) is 4.72. The molecule has 1 heterocycles. The zero-order valence-electron chi connectivity index (χ0n) is 14.1. The van der Waals surface area contributed by atoms with Gasteiger partial charge in [-0.25, -0.2) is 14.2 Å². The molecule has 0 saturated carbocycles. The second-order valence-electron chi connectivity index (χ2n) is 5.85. The van der Waals surface area contributed by atoms with E-state index in [0.717, 1.165) is 21.7 Å². The molecule has 3 amide bonds. The number of carbonyl (C=O) groups is 2. The fraction of sp³-hybridized carbons (Fsp3) is 0.235. The Morgan fingerprint density at radius 3 is 2.46 bits per heavy atom. The van der Waals surface area contributed by atoms with E-state index in [1.165, 1.54) is 0 Å². The number of urea groups is 1. The Balaban J connectivity index is 2.22. The van der Waals surface area contributed by atoms with Crippen LogP contribution in [0.4, 0.5) is 14.9 Å². The van der Waals surface area contributed by atoms with Crippen molar-refractivity contribution in [1.29, 1.82) is 0 Å². The maximum Gasteiger partial charge on any atom is 0.326 e. The van der Waals surface area contributed by atoms with Gasteiger partial charge in [-0.2, -0.15) is 0 Å². The highest BCUT2D eigenvalue weighted by molar-refractivity contribution is 9.10. The number of hydrogen-bond acceptors (Lipinski definition) is 3. The van der Waals surface area contributed by atoms with Crippen molar-refractivity contribution in [2.24, 2.45) is 0 Å². The Bertz CT molecular complexity index is 891. The van der Waals surface area contributed by atoms with E-state index in [0.29, 0.717) is 5.69 Å². The number of amides is 3. The van der Waals surface area contributed by atoms with Crippen LogP contribution in [0, 0.1) is 12.7 Å². The van der Waals surface area contributed by atoms with Crippen molar-refractivity contribution in [3.63, 3.8) is 0 Å². The number of nitrogens with zero attached hydrogens (tertiary/aromatic N) is 1. The molecule has 1 aromatic carbocycles. The van der Waals surface area contributed by atoms with Crippen LogP contribution in [0.15, 0.2) is 22.7 Å². The number of imide groups is 1. The predicted octanol–water partition coefficient (Wildman–Crippen LogP) is 5.68. The van der Waals surface area contributed by atoms with Crippen molar-refractivity contribution >= 4 is 56.8 Å². The van der Waals surface area contributed by atoms with Gasteiger partial charge in [0.25, 0.3) is 5.91 Å². The minimum Gasteiger partial charge on any atom is -0.307 e. The molecule has 2 aromatic rings. The number of rotatable bonds is 3. The lowest BCUT2D eigenvalue weighted by Gasteiger charge is -2.17. The molecule has 0 saturated heterocycles. The van der Waals surface area contributed by atoms with Gasteiger partial charge >= 0.3 is 6.03 Å². The maximum atomic E-state index is 13.5. The average Bonchev–Trinajstić information content (AvgIpc) is 2.52. The first-order chi connectivity index (χ1) is 12.1. The van der Waals surface area contributed by atoms with Crippen LogP contribution in [0.5, 0.6) is 0 Å². The summed E-state index contributed by atoms with van der Waals surface area (Å²) in [5.41, 5.74) is 2.03. The summed E-state index contributed by atoms with van der Waals surface area (Å²) in [6, 6.07) is 3.79. The lowest BCUT2D eigenvalue weighted by molar-refractivity contribution is 0.0966. The lowest BCUT2D eigenvalue weighted by Crippen LogP contribution is -2.35. The molecule has 9 heteroatoms. The van der Waals surface area contributed by atoms with Gasteiger partial charge in [0, 0.05) is 10.2 Å². The van der Waals surface area contributed by atoms with Crippen LogP contribution < -0.4 is 10.6 Å². The number of carbonyl (C=O) groups excluding carboxylic acids is 2. The number of aromatic nitrogens is 1. The van der Waals surface area contributed by atoms with Crippen LogP contribution >= 0.6 is 39.1 Å². The summed E-state index contributed by atoms with van der Waals surface area (Å²) >= 11 is 14.7. The quantitative estimate of drug-likeness (QED) is 0.576. The zero-order chi connectivity index (χ0) is 19.6.